The summed E-state index contributed by atoms with van der Waals surface area (Å²) in [7, 11) is 0. The van der Waals surface area contributed by atoms with E-state index in [-0.39, 0.29) is 5.76 Å². The highest BCUT2D eigenvalue weighted by Gasteiger charge is 2.37. The quantitative estimate of drug-likeness (QED) is 0.532. The van der Waals surface area contributed by atoms with E-state index in [1.807, 2.05) is 0 Å². The SMILES string of the molecule is O=C(NN1C(=O)c2ccccc2N[C@H]1c1ccc([N+](=O)[O-])o1)c1ccccc1. The number of carbonyl (C=O) groups is 2. The molecule has 0 saturated heterocycles. The van der Waals surface area contributed by atoms with Crippen LogP contribution >= 0.6 is 0 Å². The molecule has 28 heavy (non-hydrogen) atoms. The van der Waals surface area contributed by atoms with E-state index in [0.29, 0.717) is 16.8 Å². The van der Waals surface area contributed by atoms with Gasteiger partial charge in [-0.25, -0.2) is 5.01 Å². The highest BCUT2D eigenvalue weighted by molar-refractivity contribution is 6.03. The predicted octanol–water partition coefficient (Wildman–Crippen LogP) is 3.10. The van der Waals surface area contributed by atoms with Crippen molar-refractivity contribution in [1.29, 1.82) is 0 Å². The van der Waals surface area contributed by atoms with Crippen molar-refractivity contribution in [1.82, 2.24) is 10.4 Å². The lowest BCUT2D eigenvalue weighted by molar-refractivity contribution is -0.402. The summed E-state index contributed by atoms with van der Waals surface area (Å²) in [6, 6.07) is 17.7. The molecule has 0 spiro atoms. The average Bonchev–Trinajstić information content (AvgIpc) is 3.21. The van der Waals surface area contributed by atoms with Crippen LogP contribution in [0.4, 0.5) is 11.6 Å². The number of amides is 2. The lowest BCUT2D eigenvalue weighted by Crippen LogP contribution is -2.52. The van der Waals surface area contributed by atoms with E-state index < -0.39 is 28.8 Å². The fourth-order valence-corrected chi connectivity index (χ4v) is 2.92. The van der Waals surface area contributed by atoms with Crippen molar-refractivity contribution in [2.24, 2.45) is 0 Å². The number of hydrogen-bond donors (Lipinski definition) is 2. The third-order valence-corrected chi connectivity index (χ3v) is 4.25. The molecule has 1 aliphatic rings. The number of nitro groups is 1. The summed E-state index contributed by atoms with van der Waals surface area (Å²) in [5.74, 6) is -1.32. The number of carbonyl (C=O) groups excluding carboxylic acids is 2. The van der Waals surface area contributed by atoms with Crippen LogP contribution < -0.4 is 10.7 Å². The second kappa shape index (κ2) is 6.88. The van der Waals surface area contributed by atoms with Crippen molar-refractivity contribution in [3.63, 3.8) is 0 Å². The average molecular weight is 378 g/mol. The van der Waals surface area contributed by atoms with E-state index in [9.17, 15) is 19.7 Å². The molecule has 2 N–H and O–H groups in total. The Morgan fingerprint density at radius 1 is 1.07 bits per heavy atom. The van der Waals surface area contributed by atoms with Gasteiger partial charge in [0.15, 0.2) is 11.9 Å². The third kappa shape index (κ3) is 3.05. The second-order valence-corrected chi connectivity index (χ2v) is 6.01. The molecule has 2 amide bonds. The molecule has 140 valence electrons. The van der Waals surface area contributed by atoms with Crippen LogP contribution in [0, 0.1) is 10.1 Å². The molecule has 1 atom stereocenters. The van der Waals surface area contributed by atoms with Gasteiger partial charge in [0.25, 0.3) is 11.8 Å². The van der Waals surface area contributed by atoms with Crippen molar-refractivity contribution < 1.29 is 18.9 Å². The molecule has 0 radical (unpaired) electrons. The minimum Gasteiger partial charge on any atom is -0.401 e. The van der Waals surface area contributed by atoms with E-state index in [1.165, 1.54) is 12.1 Å². The van der Waals surface area contributed by atoms with Gasteiger partial charge < -0.3 is 9.73 Å². The number of hydrogen-bond acceptors (Lipinski definition) is 6. The van der Waals surface area contributed by atoms with Crippen LogP contribution in [-0.4, -0.2) is 21.7 Å². The number of fused-ring (bicyclic) bond motifs is 1. The Morgan fingerprint density at radius 2 is 1.79 bits per heavy atom. The first-order valence-electron chi connectivity index (χ1n) is 8.34. The molecular formula is C19H14N4O5. The summed E-state index contributed by atoms with van der Waals surface area (Å²) in [4.78, 5) is 35.9. The molecular weight excluding hydrogens is 364 g/mol. The summed E-state index contributed by atoms with van der Waals surface area (Å²) in [5.41, 5.74) is 3.81. The zero-order valence-electron chi connectivity index (χ0n) is 14.4. The van der Waals surface area contributed by atoms with Crippen LogP contribution in [0.5, 0.6) is 0 Å². The largest absolute Gasteiger partial charge is 0.433 e. The Labute approximate surface area is 158 Å². The predicted molar refractivity (Wildman–Crippen MR) is 98.2 cm³/mol. The van der Waals surface area contributed by atoms with Gasteiger partial charge >= 0.3 is 5.88 Å². The van der Waals surface area contributed by atoms with Crippen molar-refractivity contribution in [3.05, 3.63) is 93.7 Å². The van der Waals surface area contributed by atoms with Crippen LogP contribution in [0.15, 0.2) is 71.1 Å². The monoisotopic (exact) mass is 378 g/mol. The Hall–Kier alpha value is -4.14. The molecule has 0 aliphatic carbocycles. The van der Waals surface area contributed by atoms with Crippen LogP contribution in [0.3, 0.4) is 0 Å². The maximum Gasteiger partial charge on any atom is 0.433 e. The van der Waals surface area contributed by atoms with Gasteiger partial charge in [-0.15, -0.1) is 0 Å². The molecule has 9 heteroatoms. The lowest BCUT2D eigenvalue weighted by Gasteiger charge is -2.36. The number of furan rings is 1. The summed E-state index contributed by atoms with van der Waals surface area (Å²) in [5, 5.41) is 15.1. The number of benzene rings is 2. The zero-order valence-corrected chi connectivity index (χ0v) is 14.4. The molecule has 3 aromatic rings. The Kier molecular flexibility index (Phi) is 4.24. The summed E-state index contributed by atoms with van der Waals surface area (Å²) < 4.78 is 5.26. The molecule has 1 aliphatic heterocycles. The number of anilines is 1. The molecule has 0 bridgehead atoms. The highest BCUT2D eigenvalue weighted by atomic mass is 16.6. The standard InChI is InChI=1S/C19H14N4O5/c24-18(12-6-2-1-3-7-12)21-22-17(15-10-11-16(28-15)23(26)27)20-14-9-5-4-8-13(14)19(22)25/h1-11,17,20H,(H,21,24)/t17-/m1/s1. The number of hydrazine groups is 1. The summed E-state index contributed by atoms with van der Waals surface area (Å²) in [6.45, 7) is 0. The van der Waals surface area contributed by atoms with Gasteiger partial charge in [0.05, 0.1) is 11.6 Å². The minimum atomic E-state index is -0.955. The van der Waals surface area contributed by atoms with Crippen LogP contribution in [0.1, 0.15) is 32.6 Å². The smallest absolute Gasteiger partial charge is 0.401 e. The van der Waals surface area contributed by atoms with E-state index in [4.69, 9.17) is 4.42 Å². The molecule has 2 aromatic carbocycles. The first kappa shape index (κ1) is 17.3. The Bertz CT molecular complexity index is 1060. The molecule has 2 heterocycles. The number of rotatable bonds is 4. The van der Waals surface area contributed by atoms with Gasteiger partial charge in [-0.3, -0.25) is 25.1 Å². The number of nitrogens with zero attached hydrogens (tertiary/aromatic N) is 2. The first-order chi connectivity index (χ1) is 13.5. The maximum atomic E-state index is 13.0. The van der Waals surface area contributed by atoms with Gasteiger partial charge in [-0.1, -0.05) is 30.3 Å². The van der Waals surface area contributed by atoms with Gasteiger partial charge in [0.1, 0.15) is 4.92 Å². The van der Waals surface area contributed by atoms with E-state index in [0.717, 1.165) is 5.01 Å². The fourth-order valence-electron chi connectivity index (χ4n) is 2.92. The van der Waals surface area contributed by atoms with Crippen LogP contribution in [0.2, 0.25) is 0 Å². The van der Waals surface area contributed by atoms with E-state index in [1.54, 1.807) is 54.6 Å². The number of para-hydroxylation sites is 1. The topological polar surface area (TPSA) is 118 Å². The van der Waals surface area contributed by atoms with Gasteiger partial charge in [-0.05, 0) is 30.3 Å². The molecule has 9 nitrogen and oxygen atoms in total. The fraction of sp³-hybridized carbons (Fsp3) is 0.0526. The van der Waals surface area contributed by atoms with Crippen molar-refractivity contribution in [3.8, 4) is 0 Å². The lowest BCUT2D eigenvalue weighted by atomic mass is 10.1. The molecule has 0 saturated carbocycles. The van der Waals surface area contributed by atoms with Gasteiger partial charge in [-0.2, -0.15) is 0 Å². The maximum absolute atomic E-state index is 13.0. The normalized spacial score (nSPS) is 15.5. The zero-order chi connectivity index (χ0) is 19.7. The van der Waals surface area contributed by atoms with Crippen LogP contribution in [-0.2, 0) is 0 Å². The van der Waals surface area contributed by atoms with Crippen molar-refractivity contribution >= 4 is 23.4 Å². The van der Waals surface area contributed by atoms with Crippen molar-refractivity contribution in [2.75, 3.05) is 5.32 Å². The number of nitrogens with one attached hydrogen (secondary N) is 2. The van der Waals surface area contributed by atoms with E-state index in [2.05, 4.69) is 10.7 Å². The molecule has 0 fully saturated rings. The Balaban J connectivity index is 1.71. The first-order valence-corrected chi connectivity index (χ1v) is 8.34. The molecule has 0 unspecified atom stereocenters. The highest BCUT2D eigenvalue weighted by Crippen LogP contribution is 2.33. The van der Waals surface area contributed by atoms with E-state index >= 15 is 0 Å². The minimum absolute atomic E-state index is 0.114. The van der Waals surface area contributed by atoms with Gasteiger partial charge in [0, 0.05) is 11.3 Å². The third-order valence-electron chi connectivity index (χ3n) is 4.25. The second-order valence-electron chi connectivity index (χ2n) is 6.01. The summed E-state index contributed by atoms with van der Waals surface area (Å²) >= 11 is 0. The van der Waals surface area contributed by atoms with Crippen LogP contribution in [0.25, 0.3) is 0 Å². The molecule has 1 aromatic heterocycles. The Morgan fingerprint density at radius 3 is 2.50 bits per heavy atom. The van der Waals surface area contributed by atoms with Gasteiger partial charge in [0.2, 0.25) is 0 Å². The van der Waals surface area contributed by atoms with Crippen molar-refractivity contribution in [2.45, 2.75) is 6.17 Å². The molecule has 4 rings (SSSR count). The summed E-state index contributed by atoms with van der Waals surface area (Å²) in [6.07, 6.45) is -0.955.